The van der Waals surface area contributed by atoms with Gasteiger partial charge >= 0.3 is 6.03 Å². The standard InChI is InChI=1S/C15H15ClN2OS/c1-10-6-7-12(9-14(10)16)18-15(19)17-11-4-3-5-13(8-11)20-2/h3-9H,1-2H3,(H2,17,18,19). The van der Waals surface area contributed by atoms with Crippen molar-refractivity contribution in [2.45, 2.75) is 11.8 Å². The fourth-order valence-corrected chi connectivity index (χ4v) is 2.30. The number of rotatable bonds is 3. The molecule has 0 spiro atoms. The van der Waals surface area contributed by atoms with E-state index in [0.717, 1.165) is 16.1 Å². The summed E-state index contributed by atoms with van der Waals surface area (Å²) in [5.41, 5.74) is 2.40. The van der Waals surface area contributed by atoms with Gasteiger partial charge in [0.2, 0.25) is 0 Å². The van der Waals surface area contributed by atoms with Gasteiger partial charge in [-0.15, -0.1) is 11.8 Å². The minimum absolute atomic E-state index is 0.289. The zero-order valence-corrected chi connectivity index (χ0v) is 12.8. The summed E-state index contributed by atoms with van der Waals surface area (Å²) >= 11 is 7.65. The van der Waals surface area contributed by atoms with E-state index in [-0.39, 0.29) is 6.03 Å². The van der Waals surface area contributed by atoms with Crippen LogP contribution in [0.1, 0.15) is 5.56 Å². The average molecular weight is 307 g/mol. The first-order valence-electron chi connectivity index (χ1n) is 6.06. The molecule has 2 aromatic rings. The number of carbonyl (C=O) groups excluding carboxylic acids is 1. The number of urea groups is 1. The van der Waals surface area contributed by atoms with Gasteiger partial charge < -0.3 is 10.6 Å². The minimum Gasteiger partial charge on any atom is -0.308 e. The van der Waals surface area contributed by atoms with Crippen molar-refractivity contribution in [1.82, 2.24) is 0 Å². The van der Waals surface area contributed by atoms with Crippen LogP contribution in [0.4, 0.5) is 16.2 Å². The smallest absolute Gasteiger partial charge is 0.308 e. The normalized spacial score (nSPS) is 10.2. The lowest BCUT2D eigenvalue weighted by Gasteiger charge is -2.09. The molecule has 0 atom stereocenters. The van der Waals surface area contributed by atoms with Crippen molar-refractivity contribution < 1.29 is 4.79 Å². The Kier molecular flexibility index (Phi) is 4.93. The van der Waals surface area contributed by atoms with Crippen LogP contribution in [0.15, 0.2) is 47.4 Å². The second-order valence-corrected chi connectivity index (χ2v) is 5.56. The van der Waals surface area contributed by atoms with Gasteiger partial charge in [-0.1, -0.05) is 23.7 Å². The molecule has 2 rings (SSSR count). The molecule has 0 aliphatic heterocycles. The third-order valence-corrected chi connectivity index (χ3v) is 3.89. The molecule has 20 heavy (non-hydrogen) atoms. The summed E-state index contributed by atoms with van der Waals surface area (Å²) in [4.78, 5) is 13.0. The molecule has 0 heterocycles. The first-order valence-corrected chi connectivity index (χ1v) is 7.67. The van der Waals surface area contributed by atoms with Crippen LogP contribution in [-0.2, 0) is 0 Å². The molecule has 2 aromatic carbocycles. The van der Waals surface area contributed by atoms with Crippen LogP contribution in [0.25, 0.3) is 0 Å². The maximum absolute atomic E-state index is 11.9. The SMILES string of the molecule is CSc1cccc(NC(=O)Nc2ccc(C)c(Cl)c2)c1. The van der Waals surface area contributed by atoms with Crippen molar-refractivity contribution in [2.75, 3.05) is 16.9 Å². The van der Waals surface area contributed by atoms with Gasteiger partial charge in [0.05, 0.1) is 0 Å². The molecule has 0 bridgehead atoms. The van der Waals surface area contributed by atoms with E-state index in [0.29, 0.717) is 10.7 Å². The number of anilines is 2. The molecule has 3 nitrogen and oxygen atoms in total. The van der Waals surface area contributed by atoms with Crippen LogP contribution in [0.2, 0.25) is 5.02 Å². The summed E-state index contributed by atoms with van der Waals surface area (Å²) in [7, 11) is 0. The summed E-state index contributed by atoms with van der Waals surface area (Å²) < 4.78 is 0. The van der Waals surface area contributed by atoms with Gasteiger partial charge in [0.15, 0.2) is 0 Å². The van der Waals surface area contributed by atoms with Gasteiger partial charge in [-0.2, -0.15) is 0 Å². The zero-order valence-electron chi connectivity index (χ0n) is 11.2. The highest BCUT2D eigenvalue weighted by Crippen LogP contribution is 2.21. The summed E-state index contributed by atoms with van der Waals surface area (Å²) in [6.45, 7) is 1.92. The largest absolute Gasteiger partial charge is 0.323 e. The van der Waals surface area contributed by atoms with Crippen LogP contribution in [0, 0.1) is 6.92 Å². The van der Waals surface area contributed by atoms with E-state index < -0.39 is 0 Å². The molecular weight excluding hydrogens is 292 g/mol. The third kappa shape index (κ3) is 3.92. The number of nitrogens with one attached hydrogen (secondary N) is 2. The third-order valence-electron chi connectivity index (χ3n) is 2.76. The van der Waals surface area contributed by atoms with Gasteiger partial charge in [-0.05, 0) is 49.1 Å². The molecular formula is C15H15ClN2OS. The first-order chi connectivity index (χ1) is 9.58. The highest BCUT2D eigenvalue weighted by molar-refractivity contribution is 7.98. The Hall–Kier alpha value is -1.65. The highest BCUT2D eigenvalue weighted by atomic mass is 35.5. The molecule has 0 radical (unpaired) electrons. The monoisotopic (exact) mass is 306 g/mol. The van der Waals surface area contributed by atoms with E-state index in [4.69, 9.17) is 11.6 Å². The maximum atomic E-state index is 11.9. The fourth-order valence-electron chi connectivity index (χ4n) is 1.66. The summed E-state index contributed by atoms with van der Waals surface area (Å²) in [5, 5.41) is 6.18. The molecule has 0 aliphatic carbocycles. The molecule has 0 unspecified atom stereocenters. The molecule has 2 amide bonds. The van der Waals surface area contributed by atoms with Gasteiger partial charge in [0.25, 0.3) is 0 Å². The van der Waals surface area contributed by atoms with E-state index in [9.17, 15) is 4.79 Å². The number of thioether (sulfide) groups is 1. The number of carbonyl (C=O) groups is 1. The van der Waals surface area contributed by atoms with Gasteiger partial charge in [-0.25, -0.2) is 4.79 Å². The lowest BCUT2D eigenvalue weighted by molar-refractivity contribution is 0.262. The molecule has 2 N–H and O–H groups in total. The van der Waals surface area contributed by atoms with Crippen LogP contribution < -0.4 is 10.6 Å². The van der Waals surface area contributed by atoms with Gasteiger partial charge in [-0.3, -0.25) is 0 Å². The Morgan fingerprint density at radius 1 is 1.10 bits per heavy atom. The molecule has 5 heteroatoms. The van der Waals surface area contributed by atoms with Crippen molar-refractivity contribution in [3.63, 3.8) is 0 Å². The molecule has 0 aliphatic rings. The predicted octanol–water partition coefficient (Wildman–Crippen LogP) is 5.01. The van der Waals surface area contributed by atoms with E-state index in [1.807, 2.05) is 49.6 Å². The van der Waals surface area contributed by atoms with E-state index in [1.165, 1.54) is 0 Å². The fraction of sp³-hybridized carbons (Fsp3) is 0.133. The van der Waals surface area contributed by atoms with Crippen molar-refractivity contribution in [2.24, 2.45) is 0 Å². The Morgan fingerprint density at radius 3 is 2.45 bits per heavy atom. The van der Waals surface area contributed by atoms with Crippen molar-refractivity contribution in [3.05, 3.63) is 53.1 Å². The maximum Gasteiger partial charge on any atom is 0.323 e. The van der Waals surface area contributed by atoms with Gasteiger partial charge in [0, 0.05) is 21.3 Å². The van der Waals surface area contributed by atoms with E-state index in [2.05, 4.69) is 10.6 Å². The number of benzene rings is 2. The van der Waals surface area contributed by atoms with Crippen LogP contribution in [0.3, 0.4) is 0 Å². The summed E-state index contributed by atoms with van der Waals surface area (Å²) in [6, 6.07) is 12.8. The molecule has 0 aromatic heterocycles. The van der Waals surface area contributed by atoms with Crippen LogP contribution >= 0.6 is 23.4 Å². The minimum atomic E-state index is -0.289. The van der Waals surface area contributed by atoms with Gasteiger partial charge in [0.1, 0.15) is 0 Å². The number of halogens is 1. The van der Waals surface area contributed by atoms with Crippen molar-refractivity contribution in [3.8, 4) is 0 Å². The summed E-state index contributed by atoms with van der Waals surface area (Å²) in [6.07, 6.45) is 1.99. The van der Waals surface area contributed by atoms with E-state index in [1.54, 1.807) is 17.8 Å². The van der Waals surface area contributed by atoms with E-state index >= 15 is 0 Å². The second-order valence-electron chi connectivity index (χ2n) is 4.28. The number of hydrogen-bond acceptors (Lipinski definition) is 2. The lowest BCUT2D eigenvalue weighted by Crippen LogP contribution is -2.19. The lowest BCUT2D eigenvalue weighted by atomic mass is 10.2. The number of amides is 2. The Bertz CT molecular complexity index is 631. The van der Waals surface area contributed by atoms with Crippen molar-refractivity contribution >= 4 is 40.8 Å². The molecule has 0 saturated carbocycles. The first kappa shape index (κ1) is 14.8. The highest BCUT2D eigenvalue weighted by Gasteiger charge is 2.04. The quantitative estimate of drug-likeness (QED) is 0.782. The average Bonchev–Trinajstić information content (AvgIpc) is 2.43. The second kappa shape index (κ2) is 6.68. The van der Waals surface area contributed by atoms with Crippen LogP contribution in [-0.4, -0.2) is 12.3 Å². The Balaban J connectivity index is 2.03. The molecule has 0 saturated heterocycles. The topological polar surface area (TPSA) is 41.1 Å². The predicted molar refractivity (Wildman–Crippen MR) is 87.1 cm³/mol. The molecule has 104 valence electrons. The van der Waals surface area contributed by atoms with Crippen LogP contribution in [0.5, 0.6) is 0 Å². The Morgan fingerprint density at radius 2 is 1.80 bits per heavy atom. The number of aryl methyl sites for hydroxylation is 1. The summed E-state index contributed by atoms with van der Waals surface area (Å²) in [5.74, 6) is 0. The zero-order chi connectivity index (χ0) is 14.5. The Labute approximate surface area is 127 Å². The number of hydrogen-bond donors (Lipinski definition) is 2. The van der Waals surface area contributed by atoms with Crippen molar-refractivity contribution in [1.29, 1.82) is 0 Å². The molecule has 0 fully saturated rings.